The number of hydrazine groups is 2. The molecule has 0 spiro atoms. The largest absolute Gasteiger partial charge is 0.394 e. The third-order valence-corrected chi connectivity index (χ3v) is 7.08. The van der Waals surface area contributed by atoms with Crippen LogP contribution in [0.3, 0.4) is 0 Å². The summed E-state index contributed by atoms with van der Waals surface area (Å²) < 4.78 is 23.4. The number of hydrogen-bond acceptors (Lipinski definition) is 8. The van der Waals surface area contributed by atoms with Crippen LogP contribution in [0.25, 0.3) is 10.9 Å². The predicted molar refractivity (Wildman–Crippen MR) is 147 cm³/mol. The van der Waals surface area contributed by atoms with Crippen LogP contribution in [0.2, 0.25) is 5.02 Å². The third kappa shape index (κ3) is 5.34. The van der Waals surface area contributed by atoms with Gasteiger partial charge in [-0.05, 0) is 48.1 Å². The van der Waals surface area contributed by atoms with Crippen LogP contribution in [0.4, 0.5) is 15.8 Å². The molecule has 198 valence electrons. The Hall–Kier alpha value is -3.58. The zero-order valence-corrected chi connectivity index (χ0v) is 22.2. The molecule has 1 aromatic heterocycles. The Labute approximate surface area is 227 Å². The van der Waals surface area contributed by atoms with E-state index in [0.29, 0.717) is 50.2 Å². The topological polar surface area (TPSA) is 108 Å². The summed E-state index contributed by atoms with van der Waals surface area (Å²) in [6, 6.07) is 9.86. The van der Waals surface area contributed by atoms with Gasteiger partial charge in [0.25, 0.3) is 0 Å². The highest BCUT2D eigenvalue weighted by molar-refractivity contribution is 6.35. The van der Waals surface area contributed by atoms with Gasteiger partial charge in [-0.3, -0.25) is 9.99 Å². The lowest BCUT2D eigenvalue weighted by molar-refractivity contribution is 0.202. The van der Waals surface area contributed by atoms with E-state index in [1.165, 1.54) is 18.3 Å². The van der Waals surface area contributed by atoms with Gasteiger partial charge < -0.3 is 21.2 Å². The Morgan fingerprint density at radius 2 is 2.03 bits per heavy atom. The summed E-state index contributed by atoms with van der Waals surface area (Å²) in [5.74, 6) is -0.399. The number of rotatable bonds is 8. The molecule has 10 heteroatoms. The fourth-order valence-electron chi connectivity index (χ4n) is 4.34. The first kappa shape index (κ1) is 24.7. The molecule has 0 amide bonds. The lowest BCUT2D eigenvalue weighted by atomic mass is 9.87. The van der Waals surface area contributed by atoms with Crippen LogP contribution in [-0.2, 0) is 0 Å². The number of nitrogens with zero attached hydrogens (tertiary/aromatic N) is 3. The van der Waals surface area contributed by atoms with Crippen molar-refractivity contribution in [1.82, 2.24) is 21.0 Å². The summed E-state index contributed by atoms with van der Waals surface area (Å²) in [5.41, 5.74) is 8.70. The number of hydrogen-bond donors (Lipinski definition) is 5. The van der Waals surface area contributed by atoms with Crippen LogP contribution < -0.4 is 21.6 Å². The van der Waals surface area contributed by atoms with Crippen molar-refractivity contribution < 1.29 is 10.9 Å². The second kappa shape index (κ2) is 10.3. The van der Waals surface area contributed by atoms with Gasteiger partial charge in [0.1, 0.15) is 11.9 Å². The van der Waals surface area contributed by atoms with Gasteiger partial charge in [0, 0.05) is 29.5 Å². The van der Waals surface area contributed by atoms with E-state index in [9.17, 15) is 16.1 Å². The Kier molecular flexibility index (Phi) is 6.70. The number of aliphatic hydroxyl groups excluding tert-OH is 1. The van der Waals surface area contributed by atoms with Crippen LogP contribution in [0.15, 0.2) is 54.5 Å². The van der Waals surface area contributed by atoms with E-state index in [1.807, 2.05) is 32.0 Å². The van der Waals surface area contributed by atoms with Gasteiger partial charge >= 0.3 is 0 Å². The first-order valence-corrected chi connectivity index (χ1v) is 12.9. The Morgan fingerprint density at radius 1 is 1.29 bits per heavy atom. The number of nitriles is 1. The van der Waals surface area contributed by atoms with Crippen LogP contribution >= 0.6 is 11.6 Å². The minimum absolute atomic E-state index is 0.144. The fourth-order valence-corrected chi connectivity index (χ4v) is 4.61. The van der Waals surface area contributed by atoms with Crippen molar-refractivity contribution in [3.8, 4) is 6.07 Å². The van der Waals surface area contributed by atoms with Gasteiger partial charge in [-0.1, -0.05) is 44.5 Å². The number of aromatic nitrogens is 1. The molecule has 1 aliphatic heterocycles. The van der Waals surface area contributed by atoms with Crippen molar-refractivity contribution in [2.24, 2.45) is 5.41 Å². The van der Waals surface area contributed by atoms with Gasteiger partial charge in [0.05, 0.1) is 47.5 Å². The number of aliphatic hydroxyl groups is 1. The van der Waals surface area contributed by atoms with Crippen molar-refractivity contribution in [3.05, 3.63) is 76.5 Å². The molecule has 38 heavy (non-hydrogen) atoms. The van der Waals surface area contributed by atoms with E-state index in [2.05, 4.69) is 32.6 Å². The van der Waals surface area contributed by atoms with E-state index in [4.69, 9.17) is 11.6 Å². The van der Waals surface area contributed by atoms with Crippen molar-refractivity contribution >= 4 is 33.9 Å². The minimum atomic E-state index is -1.55. The molecule has 1 saturated carbocycles. The van der Waals surface area contributed by atoms with Gasteiger partial charge in [-0.2, -0.15) is 5.26 Å². The standard InChI is InChI=1S/C28H31ClFN7O/c1-28(2,3)24(15-38)34-25-17(12-31)13-32-27-21(25)10-19(11-22(27)29)33-26(16-4-6-18(30)7-5-16)23-14-37(36-35-23)20-8-9-20/h4-7,10-11,13-14,20,24,26,33,35-36,38H,8-9,15H2,1-3H3,(H,32,34)/t24-,26+/m0/s1/i26D. The number of benzene rings is 2. The lowest BCUT2D eigenvalue weighted by Crippen LogP contribution is -2.38. The van der Waals surface area contributed by atoms with E-state index in [-0.39, 0.29) is 18.1 Å². The van der Waals surface area contributed by atoms with Crippen LogP contribution in [0.1, 0.15) is 52.1 Å². The number of anilines is 2. The molecule has 2 aromatic carbocycles. The first-order chi connectivity index (χ1) is 18.5. The Balaban J connectivity index is 1.61. The zero-order valence-electron chi connectivity index (χ0n) is 22.4. The molecule has 1 fully saturated rings. The van der Waals surface area contributed by atoms with E-state index < -0.39 is 11.8 Å². The molecule has 5 N–H and O–H groups in total. The van der Waals surface area contributed by atoms with Crippen molar-refractivity contribution in [3.63, 3.8) is 0 Å². The number of fused-ring (bicyclic) bond motifs is 1. The van der Waals surface area contributed by atoms with E-state index in [0.717, 1.165) is 12.8 Å². The molecular weight excluding hydrogens is 505 g/mol. The Bertz CT molecular complexity index is 1470. The quantitative estimate of drug-likeness (QED) is 0.267. The van der Waals surface area contributed by atoms with Crippen LogP contribution in [0, 0.1) is 22.6 Å². The SMILES string of the molecule is [2H][C@](Nc1cc(Cl)c2ncc(C#N)c(N[C@@H](CO)C(C)(C)C)c2c1)(C1=CN(C2CC2)NN1)c1ccc(F)cc1. The van der Waals surface area contributed by atoms with E-state index in [1.54, 1.807) is 24.3 Å². The molecule has 2 heterocycles. The first-order valence-electron chi connectivity index (χ1n) is 13.0. The fraction of sp³-hybridized carbons (Fsp3) is 0.357. The summed E-state index contributed by atoms with van der Waals surface area (Å²) in [7, 11) is 0. The highest BCUT2D eigenvalue weighted by Crippen LogP contribution is 2.37. The summed E-state index contributed by atoms with van der Waals surface area (Å²) in [6.07, 6.45) is 5.42. The highest BCUT2D eigenvalue weighted by Gasteiger charge is 2.32. The molecule has 1 aliphatic carbocycles. The maximum atomic E-state index is 13.8. The smallest absolute Gasteiger partial charge is 0.123 e. The number of nitrogens with one attached hydrogen (secondary N) is 4. The van der Waals surface area contributed by atoms with Crippen LogP contribution in [0.5, 0.6) is 0 Å². The predicted octanol–water partition coefficient (Wildman–Crippen LogP) is 5.20. The molecule has 0 radical (unpaired) electrons. The van der Waals surface area contributed by atoms with Gasteiger partial charge in [-0.25, -0.2) is 4.39 Å². The maximum absolute atomic E-state index is 13.8. The summed E-state index contributed by atoms with van der Waals surface area (Å²) in [5, 5.41) is 29.4. The summed E-state index contributed by atoms with van der Waals surface area (Å²) in [4.78, 5) is 4.41. The molecule has 3 aromatic rings. The second-order valence-electron chi connectivity index (χ2n) is 10.7. The average molecular weight is 537 g/mol. The molecule has 2 aliphatic rings. The zero-order chi connectivity index (χ0) is 27.9. The molecule has 0 unspecified atom stereocenters. The van der Waals surface area contributed by atoms with Crippen molar-refractivity contribution in [1.29, 1.82) is 5.26 Å². The molecular formula is C28H31ClFN7O. The van der Waals surface area contributed by atoms with Gasteiger partial charge in [-0.15, -0.1) is 5.53 Å². The summed E-state index contributed by atoms with van der Waals surface area (Å²) in [6.45, 7) is 5.84. The summed E-state index contributed by atoms with van der Waals surface area (Å²) >= 11 is 6.69. The normalized spacial score (nSPS) is 18.2. The molecule has 8 nitrogen and oxygen atoms in total. The molecule has 0 saturated heterocycles. The average Bonchev–Trinajstić information content (AvgIpc) is 3.62. The maximum Gasteiger partial charge on any atom is 0.123 e. The Morgan fingerprint density at radius 3 is 2.66 bits per heavy atom. The molecule has 2 atom stereocenters. The highest BCUT2D eigenvalue weighted by atomic mass is 35.5. The molecule has 0 bridgehead atoms. The second-order valence-corrected chi connectivity index (χ2v) is 11.1. The number of pyridine rings is 1. The lowest BCUT2D eigenvalue weighted by Gasteiger charge is -2.31. The van der Waals surface area contributed by atoms with Gasteiger partial charge in [0.2, 0.25) is 0 Å². The van der Waals surface area contributed by atoms with Gasteiger partial charge in [0.15, 0.2) is 0 Å². The van der Waals surface area contributed by atoms with Crippen molar-refractivity contribution in [2.75, 3.05) is 17.2 Å². The van der Waals surface area contributed by atoms with Crippen molar-refractivity contribution in [2.45, 2.75) is 51.7 Å². The van der Waals surface area contributed by atoms with E-state index >= 15 is 0 Å². The van der Waals surface area contributed by atoms with Crippen LogP contribution in [-0.4, -0.2) is 33.8 Å². The minimum Gasteiger partial charge on any atom is -0.394 e. The third-order valence-electron chi connectivity index (χ3n) is 6.79. The monoisotopic (exact) mass is 536 g/mol. The molecule has 5 rings (SSSR count). The number of halogens is 2.